The first-order valence-electron chi connectivity index (χ1n) is 7.56. The first kappa shape index (κ1) is 15.2. The van der Waals surface area contributed by atoms with Crippen molar-refractivity contribution in [3.8, 4) is 0 Å². The lowest BCUT2D eigenvalue weighted by Crippen LogP contribution is -2.38. The summed E-state index contributed by atoms with van der Waals surface area (Å²) in [4.78, 5) is 26.0. The highest BCUT2D eigenvalue weighted by molar-refractivity contribution is 6.22. The van der Waals surface area contributed by atoms with Gasteiger partial charge in [0, 0.05) is 12.2 Å². The Hall–Kier alpha value is -2.66. The fourth-order valence-corrected chi connectivity index (χ4v) is 2.70. The molecule has 1 aliphatic heterocycles. The number of nitrogens with zero attached hydrogens (tertiary/aromatic N) is 1. The second kappa shape index (κ2) is 6.22. The van der Waals surface area contributed by atoms with Crippen molar-refractivity contribution >= 4 is 23.2 Å². The highest BCUT2D eigenvalue weighted by Crippen LogP contribution is 2.23. The van der Waals surface area contributed by atoms with Crippen LogP contribution in [0.25, 0.3) is 0 Å². The van der Waals surface area contributed by atoms with Gasteiger partial charge in [-0.1, -0.05) is 29.8 Å². The molecule has 3 rings (SSSR count). The van der Waals surface area contributed by atoms with Gasteiger partial charge in [-0.15, -0.1) is 0 Å². The number of amides is 2. The Kier molecular flexibility index (Phi) is 4.12. The van der Waals surface area contributed by atoms with Crippen molar-refractivity contribution in [2.75, 3.05) is 10.6 Å². The molecule has 0 aromatic heterocycles. The summed E-state index contributed by atoms with van der Waals surface area (Å²) in [6.07, 6.45) is 0.176. The maximum Gasteiger partial charge on any atom is 0.251 e. The van der Waals surface area contributed by atoms with Crippen LogP contribution in [0.2, 0.25) is 0 Å². The van der Waals surface area contributed by atoms with Gasteiger partial charge in [-0.2, -0.15) is 0 Å². The van der Waals surface area contributed by atoms with Gasteiger partial charge in [-0.05, 0) is 36.8 Å². The highest BCUT2D eigenvalue weighted by atomic mass is 16.2. The second-order valence-corrected chi connectivity index (χ2v) is 5.79. The number of nitrogens with two attached hydrogens (primary N) is 1. The van der Waals surface area contributed by atoms with Gasteiger partial charge < -0.3 is 11.1 Å². The van der Waals surface area contributed by atoms with Gasteiger partial charge in [-0.3, -0.25) is 9.59 Å². The summed E-state index contributed by atoms with van der Waals surface area (Å²) in [6.45, 7) is 2.46. The van der Waals surface area contributed by atoms with E-state index in [0.29, 0.717) is 17.9 Å². The monoisotopic (exact) mass is 309 g/mol. The van der Waals surface area contributed by atoms with Gasteiger partial charge in [0.2, 0.25) is 5.91 Å². The number of aryl methyl sites for hydroxylation is 1. The van der Waals surface area contributed by atoms with E-state index < -0.39 is 6.04 Å². The molecule has 1 fully saturated rings. The van der Waals surface area contributed by atoms with Crippen LogP contribution < -0.4 is 16.0 Å². The largest absolute Gasteiger partial charge is 0.399 e. The number of carbonyl (C=O) groups excluding carboxylic acids is 2. The van der Waals surface area contributed by atoms with Crippen LogP contribution in [0, 0.1) is 6.92 Å². The number of anilines is 2. The number of hydrogen-bond donors (Lipinski definition) is 2. The molecule has 0 saturated carbocycles. The Morgan fingerprint density at radius 2 is 1.91 bits per heavy atom. The second-order valence-electron chi connectivity index (χ2n) is 5.79. The molecule has 1 saturated heterocycles. The molecule has 1 heterocycles. The van der Waals surface area contributed by atoms with Crippen LogP contribution in [0.1, 0.15) is 17.5 Å². The Labute approximate surface area is 135 Å². The molecule has 5 heteroatoms. The number of nitrogens with one attached hydrogen (secondary N) is 1. The first-order valence-corrected chi connectivity index (χ1v) is 7.56. The molecule has 3 N–H and O–H groups in total. The summed E-state index contributed by atoms with van der Waals surface area (Å²) in [5.41, 5.74) is 9.12. The molecule has 0 radical (unpaired) electrons. The minimum absolute atomic E-state index is 0.176. The maximum atomic E-state index is 12.5. The van der Waals surface area contributed by atoms with Gasteiger partial charge in [-0.25, -0.2) is 4.90 Å². The predicted molar refractivity (Wildman–Crippen MR) is 89.8 cm³/mol. The van der Waals surface area contributed by atoms with Crippen molar-refractivity contribution < 1.29 is 9.59 Å². The Balaban J connectivity index is 1.70. The SMILES string of the molecule is Cc1ccc(N2C(=O)CC(NCc3cccc(N)c3)C2=O)cc1. The molecule has 5 nitrogen and oxygen atoms in total. The van der Waals surface area contributed by atoms with Crippen molar-refractivity contribution in [2.24, 2.45) is 0 Å². The van der Waals surface area contributed by atoms with Gasteiger partial charge in [0.1, 0.15) is 0 Å². The molecule has 1 unspecified atom stereocenters. The molecule has 2 aromatic carbocycles. The number of hydrogen-bond acceptors (Lipinski definition) is 4. The van der Waals surface area contributed by atoms with Crippen molar-refractivity contribution in [1.29, 1.82) is 0 Å². The zero-order valence-corrected chi connectivity index (χ0v) is 13.0. The molecule has 23 heavy (non-hydrogen) atoms. The smallest absolute Gasteiger partial charge is 0.251 e. The Morgan fingerprint density at radius 1 is 1.17 bits per heavy atom. The summed E-state index contributed by atoms with van der Waals surface area (Å²) < 4.78 is 0. The van der Waals surface area contributed by atoms with E-state index in [2.05, 4.69) is 5.32 Å². The van der Waals surface area contributed by atoms with Crippen LogP contribution in [0.3, 0.4) is 0 Å². The summed E-state index contributed by atoms with van der Waals surface area (Å²) in [7, 11) is 0. The number of rotatable bonds is 4. The topological polar surface area (TPSA) is 75.4 Å². The molecule has 118 valence electrons. The minimum atomic E-state index is -0.495. The van der Waals surface area contributed by atoms with E-state index in [4.69, 9.17) is 5.73 Å². The number of carbonyl (C=O) groups is 2. The average molecular weight is 309 g/mol. The molecule has 0 spiro atoms. The first-order chi connectivity index (χ1) is 11.0. The van der Waals surface area contributed by atoms with Crippen LogP contribution in [-0.4, -0.2) is 17.9 Å². The Morgan fingerprint density at radius 3 is 2.61 bits per heavy atom. The van der Waals surface area contributed by atoms with Gasteiger partial charge in [0.15, 0.2) is 0 Å². The molecular formula is C18H19N3O2. The van der Waals surface area contributed by atoms with Gasteiger partial charge >= 0.3 is 0 Å². The molecule has 1 aliphatic rings. The quantitative estimate of drug-likeness (QED) is 0.669. The van der Waals surface area contributed by atoms with E-state index in [0.717, 1.165) is 11.1 Å². The van der Waals surface area contributed by atoms with Crippen LogP contribution in [0.4, 0.5) is 11.4 Å². The predicted octanol–water partition coefficient (Wildman–Crippen LogP) is 2.00. The van der Waals surface area contributed by atoms with Crippen molar-refractivity contribution in [1.82, 2.24) is 5.32 Å². The lowest BCUT2D eigenvalue weighted by atomic mass is 10.2. The average Bonchev–Trinajstić information content (AvgIpc) is 2.81. The van der Waals surface area contributed by atoms with Crippen LogP contribution >= 0.6 is 0 Å². The van der Waals surface area contributed by atoms with Crippen LogP contribution in [0.5, 0.6) is 0 Å². The molecular weight excluding hydrogens is 290 g/mol. The van der Waals surface area contributed by atoms with Crippen LogP contribution in [-0.2, 0) is 16.1 Å². The lowest BCUT2D eigenvalue weighted by Gasteiger charge is -2.16. The van der Waals surface area contributed by atoms with Gasteiger partial charge in [0.25, 0.3) is 5.91 Å². The molecule has 2 amide bonds. The zero-order valence-electron chi connectivity index (χ0n) is 13.0. The van der Waals surface area contributed by atoms with E-state index in [9.17, 15) is 9.59 Å². The van der Waals surface area contributed by atoms with Crippen molar-refractivity contribution in [3.63, 3.8) is 0 Å². The highest BCUT2D eigenvalue weighted by Gasteiger charge is 2.39. The fourth-order valence-electron chi connectivity index (χ4n) is 2.70. The molecule has 0 bridgehead atoms. The third kappa shape index (κ3) is 3.24. The summed E-state index contributed by atoms with van der Waals surface area (Å²) in [6, 6.07) is 14.3. The van der Waals surface area contributed by atoms with E-state index in [-0.39, 0.29) is 18.2 Å². The maximum absolute atomic E-state index is 12.5. The van der Waals surface area contributed by atoms with Crippen molar-refractivity contribution in [3.05, 3.63) is 59.7 Å². The number of nitrogen functional groups attached to an aromatic ring is 1. The van der Waals surface area contributed by atoms with Gasteiger partial charge in [0.05, 0.1) is 18.2 Å². The zero-order chi connectivity index (χ0) is 16.4. The van der Waals surface area contributed by atoms with Crippen molar-refractivity contribution in [2.45, 2.75) is 25.9 Å². The molecule has 0 aliphatic carbocycles. The number of imide groups is 1. The van der Waals surface area contributed by atoms with E-state index in [1.165, 1.54) is 4.90 Å². The summed E-state index contributed by atoms with van der Waals surface area (Å²) >= 11 is 0. The Bertz CT molecular complexity index is 740. The third-order valence-corrected chi connectivity index (χ3v) is 3.94. The molecule has 2 aromatic rings. The number of benzene rings is 2. The van der Waals surface area contributed by atoms with E-state index in [1.54, 1.807) is 12.1 Å². The lowest BCUT2D eigenvalue weighted by molar-refractivity contribution is -0.121. The third-order valence-electron chi connectivity index (χ3n) is 3.94. The van der Waals surface area contributed by atoms with E-state index in [1.807, 2.05) is 43.3 Å². The van der Waals surface area contributed by atoms with E-state index >= 15 is 0 Å². The minimum Gasteiger partial charge on any atom is -0.399 e. The normalized spacial score (nSPS) is 17.8. The molecule has 1 atom stereocenters. The fraction of sp³-hybridized carbons (Fsp3) is 0.222. The van der Waals surface area contributed by atoms with Crippen LogP contribution in [0.15, 0.2) is 48.5 Å². The standard InChI is InChI=1S/C18H19N3O2/c1-12-5-7-15(8-6-12)21-17(22)10-16(18(21)23)20-11-13-3-2-4-14(19)9-13/h2-9,16,20H,10-11,19H2,1H3. The summed E-state index contributed by atoms with van der Waals surface area (Å²) in [5.74, 6) is -0.383. The summed E-state index contributed by atoms with van der Waals surface area (Å²) in [5, 5.41) is 3.15.